The molecular weight excluding hydrogens is 302 g/mol. The first-order chi connectivity index (χ1) is 7.22. The molecule has 0 radical (unpaired) electrons. The number of unbranched alkanes of at least 4 members (excludes halogenated alkanes) is 1. The third-order valence-corrected chi connectivity index (χ3v) is 2.91. The molecular formula is C11H15O3Sb. The summed E-state index contributed by atoms with van der Waals surface area (Å²) in [4.78, 5) is 10.8. The van der Waals surface area contributed by atoms with Crippen LogP contribution in [0, 0.1) is 0 Å². The van der Waals surface area contributed by atoms with Crippen molar-refractivity contribution in [1.82, 2.24) is 0 Å². The Morgan fingerprint density at radius 3 is 2.53 bits per heavy atom. The maximum absolute atomic E-state index is 10.8. The molecule has 3 nitrogen and oxygen atoms in total. The van der Waals surface area contributed by atoms with E-state index in [1.54, 1.807) is 12.1 Å². The molecule has 0 unspecified atom stereocenters. The average Bonchev–Trinajstić information content (AvgIpc) is 2.26. The summed E-state index contributed by atoms with van der Waals surface area (Å²) in [6, 6.07) is 7.17. The van der Waals surface area contributed by atoms with Gasteiger partial charge in [-0.25, -0.2) is 0 Å². The van der Waals surface area contributed by atoms with Crippen LogP contribution in [0.4, 0.5) is 0 Å². The predicted octanol–water partition coefficient (Wildman–Crippen LogP) is 1.20. The van der Waals surface area contributed by atoms with Gasteiger partial charge in [-0.1, -0.05) is 0 Å². The van der Waals surface area contributed by atoms with E-state index in [1.807, 2.05) is 12.1 Å². The molecule has 82 valence electrons. The van der Waals surface area contributed by atoms with Crippen LogP contribution in [0.15, 0.2) is 24.3 Å². The second kappa shape index (κ2) is 6.73. The van der Waals surface area contributed by atoms with Crippen LogP contribution < -0.4 is 0 Å². The van der Waals surface area contributed by atoms with Gasteiger partial charge in [-0.2, -0.15) is 0 Å². The number of benzene rings is 1. The summed E-state index contributed by atoms with van der Waals surface area (Å²) in [5.41, 5.74) is 1.19. The first kappa shape index (κ1) is 12.4. The Hall–Kier alpha value is -0.692. The molecule has 0 aliphatic carbocycles. The Kier molecular flexibility index (Phi) is 5.55. The summed E-state index contributed by atoms with van der Waals surface area (Å²) in [5, 5.41) is 9.08. The first-order valence-corrected chi connectivity index (χ1v) is 6.24. The minimum atomic E-state index is -0.0943. The van der Waals surface area contributed by atoms with Crippen LogP contribution in [0.25, 0.3) is 0 Å². The average molecular weight is 317 g/mol. The van der Waals surface area contributed by atoms with Gasteiger partial charge in [0.1, 0.15) is 0 Å². The van der Waals surface area contributed by atoms with Gasteiger partial charge in [0.25, 0.3) is 0 Å². The Morgan fingerprint density at radius 2 is 1.93 bits per heavy atom. The van der Waals surface area contributed by atoms with Crippen LogP contribution in [0.5, 0.6) is 5.75 Å². The Balaban J connectivity index is 2.20. The van der Waals surface area contributed by atoms with Crippen LogP contribution in [0.1, 0.15) is 24.8 Å². The predicted molar refractivity (Wildman–Crippen MR) is 60.3 cm³/mol. The Bertz CT molecular complexity index is 308. The van der Waals surface area contributed by atoms with E-state index in [-0.39, 0.29) is 11.7 Å². The number of carbonyl (C=O) groups is 1. The first-order valence-electron chi connectivity index (χ1n) is 4.90. The molecule has 15 heavy (non-hydrogen) atoms. The molecule has 0 aliphatic rings. The topological polar surface area (TPSA) is 46.5 Å². The van der Waals surface area contributed by atoms with Crippen molar-refractivity contribution in [1.29, 1.82) is 0 Å². The molecule has 1 aromatic rings. The van der Waals surface area contributed by atoms with E-state index in [0.29, 0.717) is 29.9 Å². The minimum absolute atomic E-state index is 0.0943. The van der Waals surface area contributed by atoms with Gasteiger partial charge in [0.2, 0.25) is 0 Å². The molecule has 0 saturated heterocycles. The van der Waals surface area contributed by atoms with E-state index in [1.165, 1.54) is 5.56 Å². The summed E-state index contributed by atoms with van der Waals surface area (Å²) in [6.07, 6.45) is 3.29. The molecule has 0 aliphatic heterocycles. The van der Waals surface area contributed by atoms with Gasteiger partial charge in [0.15, 0.2) is 0 Å². The summed E-state index contributed by atoms with van der Waals surface area (Å²) in [5.74, 6) is 0.195. The van der Waals surface area contributed by atoms with Crippen molar-refractivity contribution < 1.29 is 12.9 Å². The maximum atomic E-state index is 10.8. The number of aromatic hydroxyl groups is 1. The molecule has 1 N–H and O–H groups in total. The summed E-state index contributed by atoms with van der Waals surface area (Å²) in [7, 11) is 0. The molecule has 0 bridgehead atoms. The molecule has 1 aromatic carbocycles. The fourth-order valence-corrected chi connectivity index (χ4v) is 1.66. The monoisotopic (exact) mass is 316 g/mol. The summed E-state index contributed by atoms with van der Waals surface area (Å²) >= 11 is 0.547. The van der Waals surface area contributed by atoms with Crippen LogP contribution >= 0.6 is 0 Å². The normalized spacial score (nSPS) is 9.93. The number of rotatable bonds is 5. The van der Waals surface area contributed by atoms with Gasteiger partial charge in [0, 0.05) is 0 Å². The molecule has 4 heteroatoms. The molecule has 0 aromatic heterocycles. The SMILES string of the molecule is O=C(CCCCc1ccc(O)cc1)[O][SbH2]. The van der Waals surface area contributed by atoms with Crippen molar-refractivity contribution in [3.8, 4) is 5.75 Å². The number of phenols is 1. The van der Waals surface area contributed by atoms with E-state index in [2.05, 4.69) is 3.02 Å². The molecule has 0 amide bonds. The van der Waals surface area contributed by atoms with Gasteiger partial charge in [-0.15, -0.1) is 0 Å². The van der Waals surface area contributed by atoms with Crippen LogP contribution in [-0.2, 0) is 14.2 Å². The summed E-state index contributed by atoms with van der Waals surface area (Å²) in [6.45, 7) is 0. The second-order valence-electron chi connectivity index (χ2n) is 3.36. The molecule has 0 heterocycles. The fourth-order valence-electron chi connectivity index (χ4n) is 1.32. The van der Waals surface area contributed by atoms with Crippen molar-refractivity contribution in [3.63, 3.8) is 0 Å². The van der Waals surface area contributed by atoms with Gasteiger partial charge in [0.05, 0.1) is 0 Å². The zero-order valence-corrected chi connectivity index (χ0v) is 11.8. The van der Waals surface area contributed by atoms with Crippen LogP contribution in [0.2, 0.25) is 0 Å². The van der Waals surface area contributed by atoms with Gasteiger partial charge < -0.3 is 0 Å². The molecule has 0 spiro atoms. The summed E-state index contributed by atoms with van der Waals surface area (Å²) < 4.78 is 4.68. The van der Waals surface area contributed by atoms with E-state index < -0.39 is 0 Å². The van der Waals surface area contributed by atoms with Gasteiger partial charge in [-0.3, -0.25) is 0 Å². The Labute approximate surface area is 103 Å². The zero-order chi connectivity index (χ0) is 11.1. The molecule has 1 rings (SSSR count). The van der Waals surface area contributed by atoms with E-state index in [9.17, 15) is 4.79 Å². The van der Waals surface area contributed by atoms with Crippen molar-refractivity contribution in [3.05, 3.63) is 29.8 Å². The van der Waals surface area contributed by atoms with E-state index in [4.69, 9.17) is 5.11 Å². The van der Waals surface area contributed by atoms with E-state index >= 15 is 0 Å². The Morgan fingerprint density at radius 1 is 1.27 bits per heavy atom. The number of aryl methyl sites for hydroxylation is 1. The number of phenolic OH excluding ortho intramolecular Hbond substituents is 1. The van der Waals surface area contributed by atoms with Crippen molar-refractivity contribution in [2.45, 2.75) is 25.7 Å². The second-order valence-corrected chi connectivity index (χ2v) is 4.04. The number of hydrogen-bond donors (Lipinski definition) is 1. The van der Waals surface area contributed by atoms with Gasteiger partial charge >= 0.3 is 104 Å². The third kappa shape index (κ3) is 5.08. The number of hydrogen-bond acceptors (Lipinski definition) is 3. The number of carbonyl (C=O) groups excluding carboxylic acids is 1. The van der Waals surface area contributed by atoms with Gasteiger partial charge in [-0.05, 0) is 0 Å². The van der Waals surface area contributed by atoms with E-state index in [0.717, 1.165) is 19.3 Å². The van der Waals surface area contributed by atoms with Crippen LogP contribution in [-0.4, -0.2) is 34.5 Å². The quantitative estimate of drug-likeness (QED) is 0.656. The van der Waals surface area contributed by atoms with Crippen LogP contribution in [0.3, 0.4) is 0 Å². The molecule has 0 saturated carbocycles. The van der Waals surface area contributed by atoms with Crippen molar-refractivity contribution >= 4 is 29.4 Å². The fraction of sp³-hybridized carbons (Fsp3) is 0.364. The third-order valence-electron chi connectivity index (χ3n) is 2.16. The zero-order valence-electron chi connectivity index (χ0n) is 8.48. The van der Waals surface area contributed by atoms with Crippen molar-refractivity contribution in [2.75, 3.05) is 0 Å². The van der Waals surface area contributed by atoms with Crippen molar-refractivity contribution in [2.24, 2.45) is 0 Å². The standard InChI is InChI=1S/C11H14O3.Sb.2H/c12-10-7-5-9(6-8-10)3-1-2-4-11(13)14;;;/h5-8,12H,1-4H2,(H,13,14);;;/q;+1;;/p-1. The molecule has 0 fully saturated rings. The molecule has 0 atom stereocenters.